The Morgan fingerprint density at radius 1 is 1.08 bits per heavy atom. The molecule has 1 N–H and O–H groups in total. The van der Waals surface area contributed by atoms with Crippen molar-refractivity contribution in [3.63, 3.8) is 0 Å². The second kappa shape index (κ2) is 8.94. The summed E-state index contributed by atoms with van der Waals surface area (Å²) in [5, 5.41) is 9.60. The van der Waals surface area contributed by atoms with E-state index in [-0.39, 0.29) is 5.92 Å². The largest absolute Gasteiger partial charge is 0.458 e. The highest BCUT2D eigenvalue weighted by Crippen LogP contribution is 2.31. The molecule has 5 atom stereocenters. The number of hydrogen-bond acceptors (Lipinski definition) is 7. The van der Waals surface area contributed by atoms with Crippen LogP contribution in [0.2, 0.25) is 0 Å². The molecule has 1 aromatic rings. The fraction of sp³-hybridized carbons (Fsp3) is 0.556. The Hall–Kier alpha value is -1.96. The Morgan fingerprint density at radius 2 is 1.68 bits per heavy atom. The van der Waals surface area contributed by atoms with Crippen molar-refractivity contribution >= 4 is 11.9 Å². The molecule has 1 saturated heterocycles. The maximum atomic E-state index is 11.5. The van der Waals surface area contributed by atoms with Crippen molar-refractivity contribution in [2.45, 2.75) is 52.0 Å². The number of aliphatic hydroxyl groups is 1. The summed E-state index contributed by atoms with van der Waals surface area (Å²) in [7, 11) is 0. The van der Waals surface area contributed by atoms with Gasteiger partial charge in [-0.1, -0.05) is 37.3 Å². The summed E-state index contributed by atoms with van der Waals surface area (Å²) in [5.41, 5.74) is 0.963. The number of carbonyl (C=O) groups is 2. The molecule has 0 saturated carbocycles. The van der Waals surface area contributed by atoms with Crippen LogP contribution in [0.4, 0.5) is 0 Å². The van der Waals surface area contributed by atoms with E-state index in [4.69, 9.17) is 18.9 Å². The highest BCUT2D eigenvalue weighted by molar-refractivity contribution is 5.67. The summed E-state index contributed by atoms with van der Waals surface area (Å²) in [4.78, 5) is 22.8. The molecule has 1 fully saturated rings. The Morgan fingerprint density at radius 3 is 2.24 bits per heavy atom. The van der Waals surface area contributed by atoms with Gasteiger partial charge < -0.3 is 24.1 Å². The lowest BCUT2D eigenvalue weighted by Gasteiger charge is -2.43. The molecule has 0 amide bonds. The topological polar surface area (TPSA) is 91.3 Å². The molecule has 0 bridgehead atoms. The van der Waals surface area contributed by atoms with Crippen molar-refractivity contribution in [1.82, 2.24) is 0 Å². The fourth-order valence-corrected chi connectivity index (χ4v) is 2.83. The van der Waals surface area contributed by atoms with Gasteiger partial charge in [0, 0.05) is 19.8 Å². The summed E-state index contributed by atoms with van der Waals surface area (Å²) in [6, 6.07) is 9.55. The van der Waals surface area contributed by atoms with Gasteiger partial charge in [0.15, 0.2) is 12.4 Å². The van der Waals surface area contributed by atoms with Gasteiger partial charge in [-0.3, -0.25) is 9.59 Å². The van der Waals surface area contributed by atoms with Crippen LogP contribution in [0.1, 0.15) is 26.3 Å². The van der Waals surface area contributed by atoms with Crippen LogP contribution in [0.15, 0.2) is 30.3 Å². The summed E-state index contributed by atoms with van der Waals surface area (Å²) in [6.07, 6.45) is -3.22. The Balaban J connectivity index is 2.13. The number of aliphatic hydroxyl groups excluding tert-OH is 1. The van der Waals surface area contributed by atoms with Gasteiger partial charge in [-0.25, -0.2) is 0 Å². The van der Waals surface area contributed by atoms with Gasteiger partial charge in [-0.15, -0.1) is 0 Å². The molecule has 1 aliphatic rings. The zero-order chi connectivity index (χ0) is 18.4. The molecule has 138 valence electrons. The van der Waals surface area contributed by atoms with E-state index in [9.17, 15) is 14.7 Å². The number of rotatable bonds is 6. The average Bonchev–Trinajstić information content (AvgIpc) is 2.57. The van der Waals surface area contributed by atoms with Crippen molar-refractivity contribution in [1.29, 1.82) is 0 Å². The van der Waals surface area contributed by atoms with E-state index < -0.39 is 43.1 Å². The molecular formula is C18H24O7. The SMILES string of the molecule is CC(=O)OC1C(C)[C@@H](OCc2ccccc2)OC(CO)[C@H]1OC(C)=O. The van der Waals surface area contributed by atoms with E-state index in [0.717, 1.165) is 5.56 Å². The first-order chi connectivity index (χ1) is 11.9. The molecule has 3 unspecified atom stereocenters. The Bertz CT molecular complexity index is 574. The van der Waals surface area contributed by atoms with E-state index in [1.807, 2.05) is 30.3 Å². The van der Waals surface area contributed by atoms with Crippen LogP contribution in [-0.4, -0.2) is 48.3 Å². The monoisotopic (exact) mass is 352 g/mol. The molecule has 1 heterocycles. The first-order valence-electron chi connectivity index (χ1n) is 8.18. The van der Waals surface area contributed by atoms with Crippen LogP contribution in [0.3, 0.4) is 0 Å². The summed E-state index contributed by atoms with van der Waals surface area (Å²) in [6.45, 7) is 4.22. The van der Waals surface area contributed by atoms with Crippen molar-refractivity contribution in [3.8, 4) is 0 Å². The number of ether oxygens (including phenoxy) is 4. The zero-order valence-corrected chi connectivity index (χ0v) is 14.6. The van der Waals surface area contributed by atoms with Crippen LogP contribution in [0.25, 0.3) is 0 Å². The second-order valence-corrected chi connectivity index (χ2v) is 6.03. The van der Waals surface area contributed by atoms with Gasteiger partial charge >= 0.3 is 11.9 Å². The Labute approximate surface area is 146 Å². The summed E-state index contributed by atoms with van der Waals surface area (Å²) < 4.78 is 22.1. The van der Waals surface area contributed by atoms with Crippen LogP contribution in [0.5, 0.6) is 0 Å². The fourth-order valence-electron chi connectivity index (χ4n) is 2.83. The molecule has 0 aromatic heterocycles. The van der Waals surface area contributed by atoms with Gasteiger partial charge in [0.1, 0.15) is 12.2 Å². The van der Waals surface area contributed by atoms with Crippen molar-refractivity contribution in [2.24, 2.45) is 5.92 Å². The second-order valence-electron chi connectivity index (χ2n) is 6.03. The first kappa shape index (κ1) is 19.4. The summed E-state index contributed by atoms with van der Waals surface area (Å²) >= 11 is 0. The van der Waals surface area contributed by atoms with E-state index >= 15 is 0 Å². The average molecular weight is 352 g/mol. The highest BCUT2D eigenvalue weighted by Gasteiger charge is 2.48. The molecule has 1 aromatic carbocycles. The molecule has 0 spiro atoms. The number of hydrogen-bond donors (Lipinski definition) is 1. The molecule has 7 heteroatoms. The zero-order valence-electron chi connectivity index (χ0n) is 14.6. The van der Waals surface area contributed by atoms with E-state index in [1.54, 1.807) is 6.92 Å². The van der Waals surface area contributed by atoms with Crippen LogP contribution in [0, 0.1) is 5.92 Å². The van der Waals surface area contributed by atoms with Gasteiger partial charge in [0.05, 0.1) is 13.2 Å². The molecule has 2 rings (SSSR count). The van der Waals surface area contributed by atoms with Gasteiger partial charge in [-0.05, 0) is 5.56 Å². The predicted molar refractivity (Wildman–Crippen MR) is 87.2 cm³/mol. The van der Waals surface area contributed by atoms with E-state index in [1.165, 1.54) is 13.8 Å². The lowest BCUT2D eigenvalue weighted by molar-refractivity contribution is -0.291. The van der Waals surface area contributed by atoms with Gasteiger partial charge in [0.25, 0.3) is 0 Å². The summed E-state index contributed by atoms with van der Waals surface area (Å²) in [5.74, 6) is -1.44. The minimum Gasteiger partial charge on any atom is -0.458 e. The quantitative estimate of drug-likeness (QED) is 0.774. The van der Waals surface area contributed by atoms with Gasteiger partial charge in [-0.2, -0.15) is 0 Å². The van der Waals surface area contributed by atoms with Crippen molar-refractivity contribution < 1.29 is 33.6 Å². The van der Waals surface area contributed by atoms with Crippen LogP contribution in [-0.2, 0) is 35.1 Å². The molecule has 7 nitrogen and oxygen atoms in total. The molecule has 0 aliphatic carbocycles. The molecule has 0 radical (unpaired) electrons. The maximum Gasteiger partial charge on any atom is 0.303 e. The first-order valence-corrected chi connectivity index (χ1v) is 8.18. The minimum absolute atomic E-state index is 0.305. The van der Waals surface area contributed by atoms with Gasteiger partial charge in [0.2, 0.25) is 0 Å². The van der Waals surface area contributed by atoms with E-state index in [0.29, 0.717) is 6.61 Å². The third-order valence-corrected chi connectivity index (χ3v) is 3.99. The van der Waals surface area contributed by atoms with Crippen molar-refractivity contribution in [2.75, 3.05) is 6.61 Å². The molecule has 1 aliphatic heterocycles. The van der Waals surface area contributed by atoms with E-state index in [2.05, 4.69) is 0 Å². The smallest absolute Gasteiger partial charge is 0.303 e. The normalized spacial score (nSPS) is 29.0. The molecular weight excluding hydrogens is 328 g/mol. The minimum atomic E-state index is -0.891. The lowest BCUT2D eigenvalue weighted by Crippen LogP contribution is -2.58. The standard InChI is InChI=1S/C18H24O7/c1-11-16(23-12(2)20)17(24-13(3)21)15(9-19)25-18(11)22-10-14-7-5-4-6-8-14/h4-8,11,15-19H,9-10H2,1-3H3/t11?,15?,16?,17-,18+/m1/s1. The van der Waals surface area contributed by atoms with Crippen LogP contribution < -0.4 is 0 Å². The maximum absolute atomic E-state index is 11.5. The lowest BCUT2D eigenvalue weighted by atomic mass is 9.92. The Kier molecular flexibility index (Phi) is 6.92. The third kappa shape index (κ3) is 5.26. The highest BCUT2D eigenvalue weighted by atomic mass is 16.7. The number of carbonyl (C=O) groups excluding carboxylic acids is 2. The van der Waals surface area contributed by atoms with Crippen molar-refractivity contribution in [3.05, 3.63) is 35.9 Å². The van der Waals surface area contributed by atoms with Crippen LogP contribution >= 0.6 is 0 Å². The number of benzene rings is 1. The predicted octanol–water partition coefficient (Wildman–Crippen LogP) is 1.42. The molecule has 25 heavy (non-hydrogen) atoms. The number of esters is 2. The third-order valence-electron chi connectivity index (χ3n) is 3.99.